The molecule has 174 valence electrons. The quantitative estimate of drug-likeness (QED) is 0.217. The number of nitrogens with two attached hydrogens (primary N) is 1. The number of nitrogens with one attached hydrogen (secondary N) is 1. The summed E-state index contributed by atoms with van der Waals surface area (Å²) in [5, 5.41) is 12.9. The first-order valence-corrected chi connectivity index (χ1v) is 11.0. The molecule has 0 unspecified atom stereocenters. The molecule has 0 bridgehead atoms. The van der Waals surface area contributed by atoms with Crippen molar-refractivity contribution in [3.05, 3.63) is 90.0 Å². The van der Waals surface area contributed by atoms with Gasteiger partial charge in [0, 0.05) is 31.4 Å². The van der Waals surface area contributed by atoms with Gasteiger partial charge >= 0.3 is 0 Å². The number of hydrogen-bond acceptors (Lipinski definition) is 4. The molecule has 1 aliphatic rings. The monoisotopic (exact) mass is 558 g/mol. The van der Waals surface area contributed by atoms with Gasteiger partial charge in [0.05, 0.1) is 12.6 Å². The van der Waals surface area contributed by atoms with Crippen LogP contribution in [0.25, 0.3) is 0 Å². The van der Waals surface area contributed by atoms with Crippen molar-refractivity contribution < 1.29 is 9.84 Å². The van der Waals surface area contributed by atoms with E-state index < -0.39 is 0 Å². The SMILES string of the molecule is I.NC(=NCc1ccccc1CN1CCC(O)CC1)Nc1cccc(Oc2ccccc2)c1. The highest BCUT2D eigenvalue weighted by Gasteiger charge is 2.17. The van der Waals surface area contributed by atoms with Crippen molar-refractivity contribution in [2.24, 2.45) is 10.7 Å². The molecule has 0 spiro atoms. The van der Waals surface area contributed by atoms with Crippen LogP contribution in [0.1, 0.15) is 24.0 Å². The van der Waals surface area contributed by atoms with Gasteiger partial charge in [0.1, 0.15) is 11.5 Å². The van der Waals surface area contributed by atoms with Gasteiger partial charge in [0.15, 0.2) is 5.96 Å². The number of hydrogen-bond donors (Lipinski definition) is 3. The second kappa shape index (κ2) is 12.6. The Labute approximate surface area is 212 Å². The highest BCUT2D eigenvalue weighted by molar-refractivity contribution is 14.0. The summed E-state index contributed by atoms with van der Waals surface area (Å²) < 4.78 is 5.88. The fourth-order valence-corrected chi connectivity index (χ4v) is 3.80. The smallest absolute Gasteiger partial charge is 0.193 e. The number of guanidine groups is 1. The molecule has 33 heavy (non-hydrogen) atoms. The number of rotatable bonds is 7. The van der Waals surface area contributed by atoms with E-state index in [1.54, 1.807) is 0 Å². The van der Waals surface area contributed by atoms with Crippen LogP contribution in [-0.2, 0) is 13.1 Å². The predicted octanol–water partition coefficient (Wildman–Crippen LogP) is 4.98. The maximum Gasteiger partial charge on any atom is 0.193 e. The molecule has 1 saturated heterocycles. The molecule has 3 aromatic rings. The molecule has 4 N–H and O–H groups in total. The van der Waals surface area contributed by atoms with Crippen LogP contribution in [0.4, 0.5) is 5.69 Å². The number of aliphatic imine (C=N–C) groups is 1. The Hall–Kier alpha value is -2.62. The minimum atomic E-state index is -0.159. The van der Waals surface area contributed by atoms with Crippen molar-refractivity contribution in [1.29, 1.82) is 0 Å². The zero-order valence-corrected chi connectivity index (χ0v) is 20.9. The van der Waals surface area contributed by atoms with Gasteiger partial charge < -0.3 is 20.9 Å². The minimum absolute atomic E-state index is 0. The molecule has 0 atom stereocenters. The maximum absolute atomic E-state index is 9.73. The number of aliphatic hydroxyl groups is 1. The van der Waals surface area contributed by atoms with Crippen molar-refractivity contribution in [3.63, 3.8) is 0 Å². The number of anilines is 1. The van der Waals surface area contributed by atoms with Crippen LogP contribution in [0.15, 0.2) is 83.9 Å². The van der Waals surface area contributed by atoms with Crippen molar-refractivity contribution >= 4 is 35.6 Å². The summed E-state index contributed by atoms with van der Waals surface area (Å²) in [7, 11) is 0. The topological polar surface area (TPSA) is 83.1 Å². The Kier molecular flexibility index (Phi) is 9.53. The number of ether oxygens (including phenoxy) is 1. The third-order valence-electron chi connectivity index (χ3n) is 5.57. The zero-order chi connectivity index (χ0) is 22.2. The van der Waals surface area contributed by atoms with E-state index in [9.17, 15) is 5.11 Å². The van der Waals surface area contributed by atoms with Crippen molar-refractivity contribution in [2.75, 3.05) is 18.4 Å². The number of halogens is 1. The third-order valence-corrected chi connectivity index (χ3v) is 5.57. The van der Waals surface area contributed by atoms with E-state index in [0.717, 1.165) is 55.2 Å². The van der Waals surface area contributed by atoms with E-state index in [1.165, 1.54) is 5.56 Å². The molecule has 6 nitrogen and oxygen atoms in total. The Morgan fingerprint density at radius 1 is 0.939 bits per heavy atom. The summed E-state index contributed by atoms with van der Waals surface area (Å²) in [6, 6.07) is 25.6. The van der Waals surface area contributed by atoms with Crippen LogP contribution in [0.5, 0.6) is 11.5 Å². The lowest BCUT2D eigenvalue weighted by molar-refractivity contribution is 0.0791. The number of likely N-dealkylation sites (tertiary alicyclic amines) is 1. The lowest BCUT2D eigenvalue weighted by Gasteiger charge is -2.30. The van der Waals surface area contributed by atoms with E-state index in [0.29, 0.717) is 12.5 Å². The second-order valence-corrected chi connectivity index (χ2v) is 8.05. The number of piperidine rings is 1. The van der Waals surface area contributed by atoms with Gasteiger partial charge in [-0.25, -0.2) is 4.99 Å². The lowest BCUT2D eigenvalue weighted by atomic mass is 10.0. The van der Waals surface area contributed by atoms with Crippen molar-refractivity contribution in [1.82, 2.24) is 4.90 Å². The highest BCUT2D eigenvalue weighted by Crippen LogP contribution is 2.24. The van der Waals surface area contributed by atoms with Crippen LogP contribution < -0.4 is 15.8 Å². The minimum Gasteiger partial charge on any atom is -0.457 e. The van der Waals surface area contributed by atoms with Gasteiger partial charge in [-0.3, -0.25) is 4.90 Å². The molecule has 0 amide bonds. The molecule has 3 aromatic carbocycles. The lowest BCUT2D eigenvalue weighted by Crippen LogP contribution is -2.35. The van der Waals surface area contributed by atoms with E-state index in [2.05, 4.69) is 33.4 Å². The normalized spacial score (nSPS) is 15.0. The molecule has 1 aliphatic heterocycles. The van der Waals surface area contributed by atoms with Gasteiger partial charge in [-0.05, 0) is 48.2 Å². The van der Waals surface area contributed by atoms with Crippen LogP contribution in [0, 0.1) is 0 Å². The summed E-state index contributed by atoms with van der Waals surface area (Å²) in [6.45, 7) is 3.21. The van der Waals surface area contributed by atoms with E-state index in [4.69, 9.17) is 10.5 Å². The van der Waals surface area contributed by atoms with Crippen molar-refractivity contribution in [2.45, 2.75) is 32.0 Å². The standard InChI is InChI=1S/C26H30N4O2.HI/c27-26(29-22-9-6-12-25(17-22)32-24-10-2-1-3-11-24)28-18-20-7-4-5-8-21(20)19-30-15-13-23(31)14-16-30;/h1-12,17,23,31H,13-16,18-19H2,(H3,27,28,29);1H. The summed E-state index contributed by atoms with van der Waals surface area (Å²) in [5.74, 6) is 1.87. The molecule has 0 saturated carbocycles. The van der Waals surface area contributed by atoms with E-state index in [-0.39, 0.29) is 30.1 Å². The first kappa shape index (κ1) is 25.0. The summed E-state index contributed by atoms with van der Waals surface area (Å²) in [6.07, 6.45) is 1.52. The van der Waals surface area contributed by atoms with Crippen LogP contribution >= 0.6 is 24.0 Å². The van der Waals surface area contributed by atoms with Crippen LogP contribution in [0.3, 0.4) is 0 Å². The average molecular weight is 558 g/mol. The Bertz CT molecular complexity index is 1040. The fourth-order valence-electron chi connectivity index (χ4n) is 3.80. The highest BCUT2D eigenvalue weighted by atomic mass is 127. The number of nitrogens with zero attached hydrogens (tertiary/aromatic N) is 2. The summed E-state index contributed by atoms with van der Waals surface area (Å²) in [4.78, 5) is 6.94. The predicted molar refractivity (Wildman–Crippen MR) is 144 cm³/mol. The Morgan fingerprint density at radius 3 is 2.36 bits per heavy atom. The molecule has 4 rings (SSSR count). The molecule has 1 fully saturated rings. The average Bonchev–Trinajstić information content (AvgIpc) is 2.81. The molecule has 7 heteroatoms. The fraction of sp³-hybridized carbons (Fsp3) is 0.269. The Morgan fingerprint density at radius 2 is 1.61 bits per heavy atom. The zero-order valence-electron chi connectivity index (χ0n) is 18.6. The summed E-state index contributed by atoms with van der Waals surface area (Å²) >= 11 is 0. The van der Waals surface area contributed by atoms with Gasteiger partial charge in [-0.15, -0.1) is 24.0 Å². The largest absolute Gasteiger partial charge is 0.457 e. The first-order valence-electron chi connectivity index (χ1n) is 11.0. The number of aliphatic hydroxyl groups excluding tert-OH is 1. The second-order valence-electron chi connectivity index (χ2n) is 8.05. The van der Waals surface area contributed by atoms with E-state index in [1.807, 2.05) is 60.7 Å². The van der Waals surface area contributed by atoms with Gasteiger partial charge in [-0.1, -0.05) is 48.5 Å². The molecule has 0 aromatic heterocycles. The molecule has 0 radical (unpaired) electrons. The molecular weight excluding hydrogens is 527 g/mol. The van der Waals surface area contributed by atoms with Crippen molar-refractivity contribution in [3.8, 4) is 11.5 Å². The van der Waals surface area contributed by atoms with Gasteiger partial charge in [-0.2, -0.15) is 0 Å². The summed E-state index contributed by atoms with van der Waals surface area (Å²) in [5.41, 5.74) is 9.39. The van der Waals surface area contributed by atoms with Crippen LogP contribution in [-0.4, -0.2) is 35.2 Å². The molecule has 1 heterocycles. The maximum atomic E-state index is 9.73. The molecular formula is C26H31IN4O2. The third kappa shape index (κ3) is 7.73. The Balaban J connectivity index is 0.00000306. The number of benzene rings is 3. The van der Waals surface area contributed by atoms with Gasteiger partial charge in [0.25, 0.3) is 0 Å². The number of para-hydroxylation sites is 1. The van der Waals surface area contributed by atoms with Gasteiger partial charge in [0.2, 0.25) is 0 Å². The van der Waals surface area contributed by atoms with Crippen LogP contribution in [0.2, 0.25) is 0 Å². The first-order chi connectivity index (χ1) is 15.7. The van der Waals surface area contributed by atoms with E-state index >= 15 is 0 Å². The molecule has 0 aliphatic carbocycles.